The van der Waals surface area contributed by atoms with E-state index in [9.17, 15) is 4.79 Å². The lowest BCUT2D eigenvalue weighted by molar-refractivity contribution is 0.0606. The number of hydrogen-bond donors (Lipinski definition) is 1. The average molecular weight is 211 g/mol. The van der Waals surface area contributed by atoms with E-state index < -0.39 is 0 Å². The summed E-state index contributed by atoms with van der Waals surface area (Å²) in [6, 6.07) is 1.86. The summed E-state index contributed by atoms with van der Waals surface area (Å²) < 4.78 is 4.65. The molecule has 14 heavy (non-hydrogen) atoms. The zero-order valence-corrected chi connectivity index (χ0v) is 9.01. The summed E-state index contributed by atoms with van der Waals surface area (Å²) >= 11 is 1.37. The number of thiophene rings is 1. The lowest BCUT2D eigenvalue weighted by Gasteiger charge is -1.98. The minimum Gasteiger partial charge on any atom is -0.465 e. The largest absolute Gasteiger partial charge is 0.465 e. The third-order valence-corrected chi connectivity index (χ3v) is 2.56. The predicted octanol–water partition coefficient (Wildman–Crippen LogP) is 1.90. The molecule has 0 aliphatic carbocycles. The zero-order chi connectivity index (χ0) is 10.6. The molecule has 1 aromatic heterocycles. The molecule has 0 saturated carbocycles. The summed E-state index contributed by atoms with van der Waals surface area (Å²) in [5.74, 6) is -0.302. The number of nitrogens with two attached hydrogens (primary N) is 1. The number of methoxy groups -OCH3 is 1. The van der Waals surface area contributed by atoms with Crippen LogP contribution in [0.5, 0.6) is 0 Å². The number of rotatable bonds is 3. The Morgan fingerprint density at radius 3 is 3.00 bits per heavy atom. The fourth-order valence-corrected chi connectivity index (χ4v) is 1.77. The van der Waals surface area contributed by atoms with Crippen molar-refractivity contribution in [2.75, 3.05) is 7.11 Å². The molecular formula is C10H13NO2S. The van der Waals surface area contributed by atoms with E-state index in [-0.39, 0.29) is 12.0 Å². The van der Waals surface area contributed by atoms with Crippen molar-refractivity contribution in [2.45, 2.75) is 13.0 Å². The van der Waals surface area contributed by atoms with Gasteiger partial charge in [-0.3, -0.25) is 0 Å². The Bertz CT molecular complexity index is 342. The van der Waals surface area contributed by atoms with Gasteiger partial charge in [0.25, 0.3) is 0 Å². The molecule has 0 aromatic carbocycles. The van der Waals surface area contributed by atoms with E-state index in [1.807, 2.05) is 30.5 Å². The Labute approximate surface area is 87.2 Å². The molecule has 1 rings (SSSR count). The van der Waals surface area contributed by atoms with E-state index in [0.29, 0.717) is 4.88 Å². The molecule has 1 aromatic rings. The normalized spacial score (nSPS) is 13.1. The van der Waals surface area contributed by atoms with Crippen molar-refractivity contribution in [2.24, 2.45) is 5.73 Å². The van der Waals surface area contributed by atoms with Gasteiger partial charge >= 0.3 is 5.97 Å². The van der Waals surface area contributed by atoms with Gasteiger partial charge in [-0.25, -0.2) is 4.79 Å². The second kappa shape index (κ2) is 4.93. The Morgan fingerprint density at radius 2 is 2.43 bits per heavy atom. The van der Waals surface area contributed by atoms with Crippen molar-refractivity contribution in [3.05, 3.63) is 28.0 Å². The van der Waals surface area contributed by atoms with Gasteiger partial charge in [0, 0.05) is 6.04 Å². The van der Waals surface area contributed by atoms with E-state index in [1.165, 1.54) is 18.4 Å². The van der Waals surface area contributed by atoms with Gasteiger partial charge in [0.2, 0.25) is 0 Å². The Hall–Kier alpha value is -1.13. The molecule has 1 atom stereocenters. The van der Waals surface area contributed by atoms with E-state index in [0.717, 1.165) is 5.56 Å². The second-order valence-electron chi connectivity index (χ2n) is 2.91. The molecule has 0 aliphatic heterocycles. The molecule has 4 heteroatoms. The highest BCUT2D eigenvalue weighted by atomic mass is 32.1. The van der Waals surface area contributed by atoms with Crippen LogP contribution in [-0.2, 0) is 4.74 Å². The van der Waals surface area contributed by atoms with E-state index >= 15 is 0 Å². The fourth-order valence-electron chi connectivity index (χ4n) is 0.964. The molecule has 0 saturated heterocycles. The van der Waals surface area contributed by atoms with Crippen molar-refractivity contribution >= 4 is 23.4 Å². The van der Waals surface area contributed by atoms with Crippen LogP contribution in [0.15, 0.2) is 17.5 Å². The first-order valence-corrected chi connectivity index (χ1v) is 5.12. The molecule has 0 bridgehead atoms. The minimum atomic E-state index is -0.302. The van der Waals surface area contributed by atoms with E-state index in [4.69, 9.17) is 5.73 Å². The molecule has 0 aliphatic rings. The summed E-state index contributed by atoms with van der Waals surface area (Å²) in [7, 11) is 1.38. The average Bonchev–Trinajstić information content (AvgIpc) is 2.61. The van der Waals surface area contributed by atoms with Crippen molar-refractivity contribution < 1.29 is 9.53 Å². The second-order valence-corrected chi connectivity index (χ2v) is 3.83. The van der Waals surface area contributed by atoms with Crippen molar-refractivity contribution in [3.8, 4) is 0 Å². The monoisotopic (exact) mass is 211 g/mol. The molecule has 76 valence electrons. The van der Waals surface area contributed by atoms with Gasteiger partial charge in [-0.15, -0.1) is 11.3 Å². The maximum absolute atomic E-state index is 11.3. The Kier molecular flexibility index (Phi) is 3.85. The van der Waals surface area contributed by atoms with Crippen LogP contribution >= 0.6 is 11.3 Å². The number of hydrogen-bond acceptors (Lipinski definition) is 4. The van der Waals surface area contributed by atoms with Gasteiger partial charge in [-0.1, -0.05) is 12.2 Å². The minimum absolute atomic E-state index is 0.0135. The van der Waals surface area contributed by atoms with Crippen LogP contribution in [0.2, 0.25) is 0 Å². The Morgan fingerprint density at radius 1 is 1.71 bits per heavy atom. The van der Waals surface area contributed by atoms with Crippen molar-refractivity contribution in [3.63, 3.8) is 0 Å². The smallest absolute Gasteiger partial charge is 0.348 e. The summed E-state index contributed by atoms with van der Waals surface area (Å²) in [4.78, 5) is 11.9. The van der Waals surface area contributed by atoms with Crippen LogP contribution in [0.4, 0.5) is 0 Å². The fraction of sp³-hybridized carbons (Fsp3) is 0.300. The van der Waals surface area contributed by atoms with Crippen LogP contribution in [-0.4, -0.2) is 19.1 Å². The number of esters is 1. The quantitative estimate of drug-likeness (QED) is 0.777. The maximum Gasteiger partial charge on any atom is 0.348 e. The molecule has 2 N–H and O–H groups in total. The third-order valence-electron chi connectivity index (χ3n) is 1.65. The van der Waals surface area contributed by atoms with Crippen molar-refractivity contribution in [1.82, 2.24) is 0 Å². The van der Waals surface area contributed by atoms with Crippen LogP contribution in [0.3, 0.4) is 0 Å². The molecule has 0 radical (unpaired) electrons. The van der Waals surface area contributed by atoms with Crippen LogP contribution in [0.1, 0.15) is 22.2 Å². The Balaban J connectivity index is 2.88. The van der Waals surface area contributed by atoms with Crippen molar-refractivity contribution in [1.29, 1.82) is 0 Å². The number of ether oxygens (including phenoxy) is 1. The maximum atomic E-state index is 11.3. The van der Waals surface area contributed by atoms with E-state index in [1.54, 1.807) is 0 Å². The number of carbonyl (C=O) groups is 1. The molecule has 1 unspecified atom stereocenters. The lowest BCUT2D eigenvalue weighted by atomic mass is 10.2. The first kappa shape index (κ1) is 10.9. The van der Waals surface area contributed by atoms with Gasteiger partial charge < -0.3 is 10.5 Å². The van der Waals surface area contributed by atoms with Crippen LogP contribution < -0.4 is 5.73 Å². The summed E-state index contributed by atoms with van der Waals surface area (Å²) in [6.07, 6.45) is 3.68. The highest BCUT2D eigenvalue weighted by molar-refractivity contribution is 7.12. The molecular weight excluding hydrogens is 198 g/mol. The highest BCUT2D eigenvalue weighted by Gasteiger charge is 2.10. The zero-order valence-electron chi connectivity index (χ0n) is 8.19. The summed E-state index contributed by atoms with van der Waals surface area (Å²) in [6.45, 7) is 1.88. The predicted molar refractivity (Wildman–Crippen MR) is 58.3 cm³/mol. The first-order chi connectivity index (χ1) is 6.65. The molecule has 1 heterocycles. The first-order valence-electron chi connectivity index (χ1n) is 4.24. The summed E-state index contributed by atoms with van der Waals surface area (Å²) in [5.41, 5.74) is 6.43. The van der Waals surface area contributed by atoms with Gasteiger partial charge in [0.05, 0.1) is 7.11 Å². The van der Waals surface area contributed by atoms with Gasteiger partial charge in [0.1, 0.15) is 4.88 Å². The third kappa shape index (κ3) is 2.68. The lowest BCUT2D eigenvalue weighted by Crippen LogP contribution is -2.10. The molecule has 3 nitrogen and oxygen atoms in total. The number of carbonyl (C=O) groups excluding carboxylic acids is 1. The van der Waals surface area contributed by atoms with Crippen LogP contribution in [0.25, 0.3) is 6.08 Å². The highest BCUT2D eigenvalue weighted by Crippen LogP contribution is 2.19. The van der Waals surface area contributed by atoms with E-state index in [2.05, 4.69) is 4.74 Å². The standard InChI is InChI=1S/C10H13NO2S/c1-7(11)3-4-8-5-6-14-9(8)10(12)13-2/h3-7H,11H2,1-2H3/b4-3+. The van der Waals surface area contributed by atoms with Gasteiger partial charge in [0.15, 0.2) is 0 Å². The molecule has 0 spiro atoms. The van der Waals surface area contributed by atoms with Gasteiger partial charge in [-0.2, -0.15) is 0 Å². The molecule has 0 amide bonds. The topological polar surface area (TPSA) is 52.3 Å². The van der Waals surface area contributed by atoms with Gasteiger partial charge in [-0.05, 0) is 23.9 Å². The SMILES string of the molecule is COC(=O)c1sccc1/C=C/C(C)N. The van der Waals surface area contributed by atoms with Crippen LogP contribution in [0, 0.1) is 0 Å². The molecule has 0 fully saturated rings. The summed E-state index contributed by atoms with van der Waals surface area (Å²) in [5, 5.41) is 1.85.